The zero-order valence-electron chi connectivity index (χ0n) is 14.2. The largest absolute Gasteiger partial charge is 0.490 e. The molecule has 22 heavy (non-hydrogen) atoms. The standard InChI is InChI=1S/C17H29N3O2/c1-13(2)12-19-17(21)8-6-14-5-7-16(15(18)11-14)22-10-9-20(3)4/h5,7,11,13H,6,8-10,12,18H2,1-4H3,(H,19,21). The van der Waals surface area contributed by atoms with Crippen LogP contribution in [-0.2, 0) is 11.2 Å². The molecule has 0 aliphatic heterocycles. The number of carbonyl (C=O) groups is 1. The number of likely N-dealkylation sites (N-methyl/N-ethyl adjacent to an activating group) is 1. The van der Waals surface area contributed by atoms with E-state index in [-0.39, 0.29) is 5.91 Å². The van der Waals surface area contributed by atoms with Crippen LogP contribution < -0.4 is 15.8 Å². The monoisotopic (exact) mass is 307 g/mol. The number of hydrogen-bond acceptors (Lipinski definition) is 4. The summed E-state index contributed by atoms with van der Waals surface area (Å²) in [5, 5.41) is 2.92. The third kappa shape index (κ3) is 7.31. The Kier molecular flexibility index (Phi) is 7.74. The average Bonchev–Trinajstić information content (AvgIpc) is 2.44. The molecule has 0 saturated carbocycles. The Bertz CT molecular complexity index is 473. The van der Waals surface area contributed by atoms with Crippen molar-refractivity contribution in [1.82, 2.24) is 10.2 Å². The number of nitrogens with zero attached hydrogens (tertiary/aromatic N) is 1. The Labute approximate surface area is 133 Å². The summed E-state index contributed by atoms with van der Waals surface area (Å²) in [6.07, 6.45) is 1.17. The number of aryl methyl sites for hydroxylation is 1. The molecule has 1 aromatic rings. The van der Waals surface area contributed by atoms with Gasteiger partial charge in [0.2, 0.25) is 5.91 Å². The third-order valence-electron chi connectivity index (χ3n) is 3.22. The molecule has 0 aliphatic rings. The molecule has 0 aliphatic carbocycles. The van der Waals surface area contributed by atoms with Gasteiger partial charge in [0, 0.05) is 19.5 Å². The van der Waals surface area contributed by atoms with E-state index in [1.807, 2.05) is 32.3 Å². The average molecular weight is 307 g/mol. The summed E-state index contributed by atoms with van der Waals surface area (Å²) in [5.41, 5.74) is 7.68. The minimum Gasteiger partial charge on any atom is -0.490 e. The molecule has 1 amide bonds. The van der Waals surface area contributed by atoms with Crippen molar-refractivity contribution in [2.45, 2.75) is 26.7 Å². The SMILES string of the molecule is CC(C)CNC(=O)CCc1ccc(OCCN(C)C)c(N)c1. The fourth-order valence-electron chi connectivity index (χ4n) is 1.89. The summed E-state index contributed by atoms with van der Waals surface area (Å²) >= 11 is 0. The molecular formula is C17H29N3O2. The molecule has 1 rings (SSSR count). The Morgan fingerprint density at radius 1 is 1.36 bits per heavy atom. The number of hydrogen-bond donors (Lipinski definition) is 2. The van der Waals surface area contributed by atoms with Gasteiger partial charge < -0.3 is 20.7 Å². The quantitative estimate of drug-likeness (QED) is 0.684. The fraction of sp³-hybridized carbons (Fsp3) is 0.588. The number of nitrogens with two attached hydrogens (primary N) is 1. The van der Waals surface area contributed by atoms with Crippen molar-refractivity contribution in [3.05, 3.63) is 23.8 Å². The van der Waals surface area contributed by atoms with Crippen molar-refractivity contribution in [2.24, 2.45) is 5.92 Å². The number of carbonyl (C=O) groups excluding carboxylic acids is 1. The van der Waals surface area contributed by atoms with E-state index in [4.69, 9.17) is 10.5 Å². The molecular weight excluding hydrogens is 278 g/mol. The summed E-state index contributed by atoms with van der Waals surface area (Å²) in [5.74, 6) is 1.26. The number of anilines is 1. The lowest BCUT2D eigenvalue weighted by atomic mass is 10.1. The van der Waals surface area contributed by atoms with Gasteiger partial charge in [-0.2, -0.15) is 0 Å². The normalized spacial score (nSPS) is 11.0. The number of benzene rings is 1. The van der Waals surface area contributed by atoms with Gasteiger partial charge in [-0.3, -0.25) is 4.79 Å². The van der Waals surface area contributed by atoms with Gasteiger partial charge in [-0.05, 0) is 44.1 Å². The van der Waals surface area contributed by atoms with Crippen LogP contribution in [0.2, 0.25) is 0 Å². The smallest absolute Gasteiger partial charge is 0.220 e. The number of ether oxygens (including phenoxy) is 1. The van der Waals surface area contributed by atoms with Crippen LogP contribution in [0.15, 0.2) is 18.2 Å². The van der Waals surface area contributed by atoms with E-state index in [2.05, 4.69) is 24.1 Å². The van der Waals surface area contributed by atoms with E-state index in [9.17, 15) is 4.79 Å². The van der Waals surface area contributed by atoms with Crippen LogP contribution >= 0.6 is 0 Å². The molecule has 3 N–H and O–H groups in total. The summed E-state index contributed by atoms with van der Waals surface area (Å²) in [4.78, 5) is 13.8. The topological polar surface area (TPSA) is 67.6 Å². The summed E-state index contributed by atoms with van der Waals surface area (Å²) in [6, 6.07) is 5.74. The highest BCUT2D eigenvalue weighted by atomic mass is 16.5. The Morgan fingerprint density at radius 3 is 2.68 bits per heavy atom. The van der Waals surface area contributed by atoms with Crippen molar-refractivity contribution in [2.75, 3.05) is 39.5 Å². The predicted molar refractivity (Wildman–Crippen MR) is 91.1 cm³/mol. The molecule has 5 heteroatoms. The Hall–Kier alpha value is -1.75. The molecule has 5 nitrogen and oxygen atoms in total. The second kappa shape index (κ2) is 9.30. The second-order valence-electron chi connectivity index (χ2n) is 6.22. The van der Waals surface area contributed by atoms with Crippen LogP contribution in [0.4, 0.5) is 5.69 Å². The van der Waals surface area contributed by atoms with Gasteiger partial charge in [-0.25, -0.2) is 0 Å². The summed E-state index contributed by atoms with van der Waals surface area (Å²) in [7, 11) is 4.00. The van der Waals surface area contributed by atoms with Gasteiger partial charge in [0.15, 0.2) is 0 Å². The van der Waals surface area contributed by atoms with Crippen molar-refractivity contribution >= 4 is 11.6 Å². The summed E-state index contributed by atoms with van der Waals surface area (Å²) < 4.78 is 5.65. The van der Waals surface area contributed by atoms with Gasteiger partial charge in [-0.15, -0.1) is 0 Å². The number of nitrogens with one attached hydrogen (secondary N) is 1. The minimum absolute atomic E-state index is 0.0820. The molecule has 0 heterocycles. The number of rotatable bonds is 9. The fourth-order valence-corrected chi connectivity index (χ4v) is 1.89. The van der Waals surface area contributed by atoms with Crippen molar-refractivity contribution in [3.63, 3.8) is 0 Å². The summed E-state index contributed by atoms with van der Waals surface area (Å²) in [6.45, 7) is 6.33. The lowest BCUT2D eigenvalue weighted by Crippen LogP contribution is -2.27. The van der Waals surface area contributed by atoms with Crippen LogP contribution in [0.1, 0.15) is 25.8 Å². The minimum atomic E-state index is 0.0820. The Morgan fingerprint density at radius 2 is 2.09 bits per heavy atom. The van der Waals surface area contributed by atoms with Crippen LogP contribution in [0.5, 0.6) is 5.75 Å². The van der Waals surface area contributed by atoms with Gasteiger partial charge in [-0.1, -0.05) is 19.9 Å². The predicted octanol–water partition coefficient (Wildman–Crippen LogP) is 1.91. The van der Waals surface area contributed by atoms with Crippen LogP contribution in [0.3, 0.4) is 0 Å². The maximum atomic E-state index is 11.7. The van der Waals surface area contributed by atoms with E-state index in [0.717, 1.165) is 18.7 Å². The highest BCUT2D eigenvalue weighted by Crippen LogP contribution is 2.23. The lowest BCUT2D eigenvalue weighted by molar-refractivity contribution is -0.121. The third-order valence-corrected chi connectivity index (χ3v) is 3.22. The molecule has 124 valence electrons. The molecule has 0 radical (unpaired) electrons. The van der Waals surface area contributed by atoms with Crippen molar-refractivity contribution in [1.29, 1.82) is 0 Å². The van der Waals surface area contributed by atoms with E-state index >= 15 is 0 Å². The molecule has 0 atom stereocenters. The maximum absolute atomic E-state index is 11.7. The van der Waals surface area contributed by atoms with Crippen LogP contribution in [0, 0.1) is 5.92 Å². The highest BCUT2D eigenvalue weighted by Gasteiger charge is 2.06. The number of amides is 1. The Balaban J connectivity index is 2.42. The molecule has 0 fully saturated rings. The van der Waals surface area contributed by atoms with E-state index in [1.165, 1.54) is 0 Å². The molecule has 0 spiro atoms. The zero-order valence-corrected chi connectivity index (χ0v) is 14.2. The van der Waals surface area contributed by atoms with Gasteiger partial charge in [0.05, 0.1) is 5.69 Å². The molecule has 0 aromatic heterocycles. The van der Waals surface area contributed by atoms with Crippen LogP contribution in [0.25, 0.3) is 0 Å². The first-order valence-electron chi connectivity index (χ1n) is 7.81. The van der Waals surface area contributed by atoms with Gasteiger partial charge in [0.25, 0.3) is 0 Å². The molecule has 0 saturated heterocycles. The highest BCUT2D eigenvalue weighted by molar-refractivity contribution is 5.76. The first-order valence-corrected chi connectivity index (χ1v) is 7.81. The number of nitrogen functional groups attached to an aromatic ring is 1. The molecule has 0 bridgehead atoms. The van der Waals surface area contributed by atoms with Crippen molar-refractivity contribution in [3.8, 4) is 5.75 Å². The maximum Gasteiger partial charge on any atom is 0.220 e. The van der Waals surface area contributed by atoms with Crippen LogP contribution in [-0.4, -0.2) is 44.6 Å². The second-order valence-corrected chi connectivity index (χ2v) is 6.22. The van der Waals surface area contributed by atoms with E-state index < -0.39 is 0 Å². The van der Waals surface area contributed by atoms with Gasteiger partial charge in [0.1, 0.15) is 12.4 Å². The zero-order chi connectivity index (χ0) is 16.5. The van der Waals surface area contributed by atoms with E-state index in [1.54, 1.807) is 0 Å². The molecule has 0 unspecified atom stereocenters. The van der Waals surface area contributed by atoms with Crippen molar-refractivity contribution < 1.29 is 9.53 Å². The van der Waals surface area contributed by atoms with Gasteiger partial charge >= 0.3 is 0 Å². The first kappa shape index (κ1) is 18.3. The first-order chi connectivity index (χ1) is 10.4. The van der Waals surface area contributed by atoms with E-state index in [0.29, 0.717) is 36.8 Å². The lowest BCUT2D eigenvalue weighted by Gasteiger charge is -2.13. The molecule has 1 aromatic carbocycles.